The fourth-order valence-electron chi connectivity index (χ4n) is 3.48. The number of hydrogen-bond donors (Lipinski definition) is 1. The van der Waals surface area contributed by atoms with E-state index in [9.17, 15) is 18.5 Å². The van der Waals surface area contributed by atoms with Gasteiger partial charge >= 0.3 is 0 Å². The number of sulfonamides is 1. The fourth-order valence-corrected chi connectivity index (χ4v) is 4.78. The zero-order valence-corrected chi connectivity index (χ0v) is 15.9. The number of likely N-dealkylation sites (tertiary alicyclic amines) is 1. The molecule has 3 rings (SSSR count). The number of piperidine rings is 1. The van der Waals surface area contributed by atoms with E-state index in [0.717, 1.165) is 25.9 Å². The lowest BCUT2D eigenvalue weighted by Gasteiger charge is -2.33. The number of nitro benzene ring substituents is 1. The average molecular weight is 393 g/mol. The Morgan fingerprint density at radius 2 is 1.96 bits per heavy atom. The molecule has 1 aliphatic heterocycles. The molecule has 8 nitrogen and oxygen atoms in total. The van der Waals surface area contributed by atoms with E-state index in [1.54, 1.807) is 12.3 Å². The molecule has 0 saturated carbocycles. The van der Waals surface area contributed by atoms with E-state index in [2.05, 4.69) is 9.62 Å². The van der Waals surface area contributed by atoms with Gasteiger partial charge in [-0.15, -0.1) is 0 Å². The van der Waals surface area contributed by atoms with Gasteiger partial charge in [0.05, 0.1) is 22.1 Å². The van der Waals surface area contributed by atoms with Gasteiger partial charge in [0, 0.05) is 18.2 Å². The zero-order chi connectivity index (χ0) is 19.4. The van der Waals surface area contributed by atoms with Crippen molar-refractivity contribution in [2.75, 3.05) is 19.6 Å². The quantitative estimate of drug-likeness (QED) is 0.573. The van der Waals surface area contributed by atoms with E-state index in [1.807, 2.05) is 6.07 Å². The molecule has 0 radical (unpaired) electrons. The van der Waals surface area contributed by atoms with E-state index in [4.69, 9.17) is 4.42 Å². The molecule has 2 heterocycles. The highest BCUT2D eigenvalue weighted by Gasteiger charge is 2.28. The number of nitro groups is 1. The molecule has 1 aromatic carbocycles. The summed E-state index contributed by atoms with van der Waals surface area (Å²) in [6.07, 6.45) is 4.87. The molecule has 1 N–H and O–H groups in total. The minimum Gasteiger partial charge on any atom is -0.468 e. The minimum absolute atomic E-state index is 0.0754. The standard InChI is InChI=1S/C18H23N3O5S/c1-14-15(21(22)23)7-5-9-18(14)27(24,25)19-13-16(17-8-6-12-26-17)20-10-3-2-4-11-20/h5-9,12,16,19H,2-4,10-11,13H2,1H3/t16-/m0/s1. The minimum atomic E-state index is -3.89. The summed E-state index contributed by atoms with van der Waals surface area (Å²) in [6, 6.07) is 7.47. The summed E-state index contributed by atoms with van der Waals surface area (Å²) >= 11 is 0. The Kier molecular flexibility index (Phi) is 5.93. The molecule has 146 valence electrons. The Morgan fingerprint density at radius 1 is 1.22 bits per heavy atom. The van der Waals surface area contributed by atoms with Crippen LogP contribution in [0.25, 0.3) is 0 Å². The maximum Gasteiger partial charge on any atom is 0.273 e. The molecule has 1 fully saturated rings. The molecular formula is C18H23N3O5S. The summed E-state index contributed by atoms with van der Waals surface area (Å²) in [7, 11) is -3.89. The Labute approximate surface area is 158 Å². The maximum atomic E-state index is 12.8. The molecule has 0 bridgehead atoms. The predicted octanol–water partition coefficient (Wildman–Crippen LogP) is 3.00. The molecule has 1 aliphatic rings. The lowest BCUT2D eigenvalue weighted by atomic mass is 10.1. The van der Waals surface area contributed by atoms with Crippen LogP contribution in [0.15, 0.2) is 45.9 Å². The molecule has 1 aromatic heterocycles. The molecule has 0 amide bonds. The molecule has 0 spiro atoms. The van der Waals surface area contributed by atoms with Crippen LogP contribution in [0.2, 0.25) is 0 Å². The second kappa shape index (κ2) is 8.20. The van der Waals surface area contributed by atoms with Gasteiger partial charge in [-0.05, 0) is 51.1 Å². The molecule has 0 unspecified atom stereocenters. The summed E-state index contributed by atoms with van der Waals surface area (Å²) < 4.78 is 33.7. The molecule has 0 aliphatic carbocycles. The first-order valence-electron chi connectivity index (χ1n) is 8.91. The molecule has 1 saturated heterocycles. The lowest BCUT2D eigenvalue weighted by molar-refractivity contribution is -0.385. The third-order valence-corrected chi connectivity index (χ3v) is 6.48. The van der Waals surface area contributed by atoms with Gasteiger partial charge in [-0.3, -0.25) is 15.0 Å². The van der Waals surface area contributed by atoms with Crippen LogP contribution < -0.4 is 4.72 Å². The van der Waals surface area contributed by atoms with Crippen LogP contribution in [0.4, 0.5) is 5.69 Å². The number of hydrogen-bond acceptors (Lipinski definition) is 6. The van der Waals surface area contributed by atoms with Crippen molar-refractivity contribution >= 4 is 15.7 Å². The van der Waals surface area contributed by atoms with E-state index in [0.29, 0.717) is 5.76 Å². The van der Waals surface area contributed by atoms with Crippen molar-refractivity contribution in [2.24, 2.45) is 0 Å². The van der Waals surface area contributed by atoms with Crippen LogP contribution in [0, 0.1) is 17.0 Å². The SMILES string of the molecule is Cc1c([N+](=O)[O-])cccc1S(=O)(=O)NC[C@@H](c1ccco1)N1CCCCC1. The topological polar surface area (TPSA) is 106 Å². The first kappa shape index (κ1) is 19.5. The summed E-state index contributed by atoms with van der Waals surface area (Å²) in [5.74, 6) is 0.704. The lowest BCUT2D eigenvalue weighted by Crippen LogP contribution is -2.40. The average Bonchev–Trinajstić information content (AvgIpc) is 3.17. The van der Waals surface area contributed by atoms with Crippen molar-refractivity contribution in [3.05, 3.63) is 58.0 Å². The van der Waals surface area contributed by atoms with E-state index < -0.39 is 14.9 Å². The van der Waals surface area contributed by atoms with E-state index in [-0.39, 0.29) is 28.7 Å². The molecule has 9 heteroatoms. The van der Waals surface area contributed by atoms with Crippen LogP contribution in [-0.2, 0) is 10.0 Å². The van der Waals surface area contributed by atoms with Gasteiger partial charge in [0.2, 0.25) is 10.0 Å². The van der Waals surface area contributed by atoms with Gasteiger partial charge < -0.3 is 4.42 Å². The fraction of sp³-hybridized carbons (Fsp3) is 0.444. The highest BCUT2D eigenvalue weighted by atomic mass is 32.2. The van der Waals surface area contributed by atoms with Crippen LogP contribution >= 0.6 is 0 Å². The van der Waals surface area contributed by atoms with Crippen molar-refractivity contribution in [3.8, 4) is 0 Å². The van der Waals surface area contributed by atoms with Gasteiger partial charge in [-0.25, -0.2) is 13.1 Å². The van der Waals surface area contributed by atoms with Crippen molar-refractivity contribution in [1.82, 2.24) is 9.62 Å². The van der Waals surface area contributed by atoms with Gasteiger partial charge in [0.15, 0.2) is 0 Å². The molecular weight excluding hydrogens is 370 g/mol. The molecule has 27 heavy (non-hydrogen) atoms. The van der Waals surface area contributed by atoms with Crippen LogP contribution in [0.1, 0.15) is 36.6 Å². The number of nitrogens with one attached hydrogen (secondary N) is 1. The number of nitrogens with zero attached hydrogens (tertiary/aromatic N) is 2. The Bertz CT molecular complexity index is 890. The second-order valence-corrected chi connectivity index (χ2v) is 8.37. The van der Waals surface area contributed by atoms with Crippen LogP contribution in [-0.4, -0.2) is 37.9 Å². The van der Waals surface area contributed by atoms with Crippen molar-refractivity contribution in [2.45, 2.75) is 37.1 Å². The largest absolute Gasteiger partial charge is 0.468 e. The van der Waals surface area contributed by atoms with Crippen LogP contribution in [0.5, 0.6) is 0 Å². The molecule has 1 atom stereocenters. The highest BCUT2D eigenvalue weighted by molar-refractivity contribution is 7.89. The predicted molar refractivity (Wildman–Crippen MR) is 99.9 cm³/mol. The van der Waals surface area contributed by atoms with Gasteiger partial charge in [0.1, 0.15) is 5.76 Å². The number of furan rings is 1. The van der Waals surface area contributed by atoms with Gasteiger partial charge in [-0.2, -0.15) is 0 Å². The van der Waals surface area contributed by atoms with Crippen LogP contribution in [0.3, 0.4) is 0 Å². The normalized spacial score (nSPS) is 16.9. The Hall–Kier alpha value is -2.23. The molecule has 2 aromatic rings. The monoisotopic (exact) mass is 393 g/mol. The number of benzene rings is 1. The second-order valence-electron chi connectivity index (χ2n) is 6.64. The van der Waals surface area contributed by atoms with Crippen molar-refractivity contribution in [1.29, 1.82) is 0 Å². The Balaban J connectivity index is 1.82. The first-order valence-corrected chi connectivity index (χ1v) is 10.4. The van der Waals surface area contributed by atoms with Crippen molar-refractivity contribution in [3.63, 3.8) is 0 Å². The third kappa shape index (κ3) is 4.37. The highest BCUT2D eigenvalue weighted by Crippen LogP contribution is 2.27. The summed E-state index contributed by atoms with van der Waals surface area (Å²) in [5.41, 5.74) is -0.0842. The summed E-state index contributed by atoms with van der Waals surface area (Å²) in [6.45, 7) is 3.34. The van der Waals surface area contributed by atoms with Gasteiger partial charge in [-0.1, -0.05) is 12.5 Å². The van der Waals surface area contributed by atoms with E-state index >= 15 is 0 Å². The van der Waals surface area contributed by atoms with E-state index in [1.165, 1.54) is 31.5 Å². The smallest absolute Gasteiger partial charge is 0.273 e. The van der Waals surface area contributed by atoms with Gasteiger partial charge in [0.25, 0.3) is 5.69 Å². The number of rotatable bonds is 7. The zero-order valence-electron chi connectivity index (χ0n) is 15.1. The Morgan fingerprint density at radius 3 is 2.59 bits per heavy atom. The first-order chi connectivity index (χ1) is 12.9. The maximum absolute atomic E-state index is 12.8. The van der Waals surface area contributed by atoms with Crippen molar-refractivity contribution < 1.29 is 17.8 Å². The summed E-state index contributed by atoms with van der Waals surface area (Å²) in [5, 5.41) is 11.1. The third-order valence-electron chi connectivity index (χ3n) is 4.91. The summed E-state index contributed by atoms with van der Waals surface area (Å²) in [4.78, 5) is 12.7.